The molecule has 4 heterocycles. The van der Waals surface area contributed by atoms with Crippen LogP contribution in [0.5, 0.6) is 0 Å². The Balaban J connectivity index is 1.34. The van der Waals surface area contributed by atoms with E-state index < -0.39 is 0 Å². The van der Waals surface area contributed by atoms with Gasteiger partial charge in [0.2, 0.25) is 5.91 Å². The maximum absolute atomic E-state index is 12.8. The van der Waals surface area contributed by atoms with Crippen molar-refractivity contribution in [1.82, 2.24) is 24.8 Å². The summed E-state index contributed by atoms with van der Waals surface area (Å²) < 4.78 is 0. The second-order valence-electron chi connectivity index (χ2n) is 8.61. The first kappa shape index (κ1) is 20.0. The van der Waals surface area contributed by atoms with Crippen LogP contribution < -0.4 is 0 Å². The van der Waals surface area contributed by atoms with E-state index in [4.69, 9.17) is 0 Å². The number of amides is 1. The van der Waals surface area contributed by atoms with Crippen molar-refractivity contribution in [3.8, 4) is 0 Å². The molecule has 1 spiro atoms. The van der Waals surface area contributed by atoms with Gasteiger partial charge in [-0.3, -0.25) is 14.7 Å². The maximum atomic E-state index is 12.8. The summed E-state index contributed by atoms with van der Waals surface area (Å²) in [7, 11) is 0. The third-order valence-corrected chi connectivity index (χ3v) is 7.02. The number of rotatable bonds is 5. The number of imidazole rings is 1. The molecule has 0 radical (unpaired) electrons. The second kappa shape index (κ2) is 8.63. The molecule has 2 N–H and O–H groups in total. The normalized spacial score (nSPS) is 22.1. The third kappa shape index (κ3) is 4.36. The number of aromatic amines is 1. The Morgan fingerprint density at radius 1 is 1.24 bits per heavy atom. The molecule has 0 saturated carbocycles. The van der Waals surface area contributed by atoms with Crippen LogP contribution in [0.25, 0.3) is 0 Å². The van der Waals surface area contributed by atoms with Gasteiger partial charge in [0.15, 0.2) is 0 Å². The summed E-state index contributed by atoms with van der Waals surface area (Å²) in [5.74, 6) is 0.308. The zero-order chi connectivity index (χ0) is 20.3. The molecular formula is C22H31N5O2. The number of carbonyl (C=O) groups excluding carboxylic acids is 1. The van der Waals surface area contributed by atoms with Crippen LogP contribution in [-0.2, 0) is 17.8 Å². The monoisotopic (exact) mass is 397 g/mol. The molecule has 29 heavy (non-hydrogen) atoms. The standard InChI is InChI=1S/C22H31N5O2/c1-17-20(25-16-24-17)14-26-9-4-22(5-10-26)6-11-27(13-19(22)15-28)21(29)12-18-2-7-23-8-3-18/h2-3,7-8,16,19,28H,4-6,9-15H2,1H3,(H,24,25)/t19-/m0/s1. The SMILES string of the molecule is Cc1[nH]cnc1CN1CCC2(CC1)CCN(C(=O)Cc1ccncc1)C[C@H]2CO. The van der Waals surface area contributed by atoms with Crippen LogP contribution in [0.15, 0.2) is 30.9 Å². The molecule has 2 aromatic heterocycles. The first-order valence-corrected chi connectivity index (χ1v) is 10.6. The van der Waals surface area contributed by atoms with Gasteiger partial charge in [-0.15, -0.1) is 0 Å². The number of hydrogen-bond donors (Lipinski definition) is 2. The number of likely N-dealkylation sites (tertiary alicyclic amines) is 2. The van der Waals surface area contributed by atoms with Crippen molar-refractivity contribution in [2.75, 3.05) is 32.8 Å². The number of nitrogens with zero attached hydrogens (tertiary/aromatic N) is 4. The predicted octanol–water partition coefficient (Wildman–Crippen LogP) is 1.78. The maximum Gasteiger partial charge on any atom is 0.227 e. The smallest absolute Gasteiger partial charge is 0.227 e. The lowest BCUT2D eigenvalue weighted by Gasteiger charge is -2.51. The summed E-state index contributed by atoms with van der Waals surface area (Å²) in [6.07, 6.45) is 8.75. The minimum Gasteiger partial charge on any atom is -0.396 e. The summed E-state index contributed by atoms with van der Waals surface area (Å²) in [5, 5.41) is 10.1. The summed E-state index contributed by atoms with van der Waals surface area (Å²) in [6.45, 7) is 6.59. The van der Waals surface area contributed by atoms with Crippen LogP contribution in [0.3, 0.4) is 0 Å². The molecule has 2 fully saturated rings. The fourth-order valence-electron chi connectivity index (χ4n) is 4.95. The van der Waals surface area contributed by atoms with E-state index in [1.54, 1.807) is 18.7 Å². The lowest BCUT2D eigenvalue weighted by atomic mass is 9.64. The number of piperidine rings is 2. The molecule has 4 rings (SSSR count). The number of aryl methyl sites for hydroxylation is 1. The Bertz CT molecular complexity index is 814. The molecule has 2 aliphatic rings. The van der Waals surface area contributed by atoms with Crippen LogP contribution in [0.4, 0.5) is 0 Å². The molecule has 2 aliphatic heterocycles. The average molecular weight is 398 g/mol. The van der Waals surface area contributed by atoms with Crippen LogP contribution in [0.2, 0.25) is 0 Å². The fourth-order valence-corrected chi connectivity index (χ4v) is 4.95. The van der Waals surface area contributed by atoms with Gasteiger partial charge in [0.25, 0.3) is 0 Å². The first-order valence-electron chi connectivity index (χ1n) is 10.6. The molecular weight excluding hydrogens is 366 g/mol. The number of carbonyl (C=O) groups is 1. The van der Waals surface area contributed by atoms with Gasteiger partial charge in [-0.1, -0.05) is 0 Å². The molecule has 0 bridgehead atoms. The zero-order valence-corrected chi connectivity index (χ0v) is 17.2. The first-order chi connectivity index (χ1) is 14.1. The predicted molar refractivity (Wildman–Crippen MR) is 110 cm³/mol. The Hall–Kier alpha value is -2.25. The lowest BCUT2D eigenvalue weighted by Crippen LogP contribution is -2.54. The number of hydrogen-bond acceptors (Lipinski definition) is 5. The van der Waals surface area contributed by atoms with Crippen molar-refractivity contribution in [1.29, 1.82) is 0 Å². The van der Waals surface area contributed by atoms with E-state index in [0.29, 0.717) is 13.0 Å². The minimum atomic E-state index is 0.149. The lowest BCUT2D eigenvalue weighted by molar-refractivity contribution is -0.137. The Morgan fingerprint density at radius 3 is 2.62 bits per heavy atom. The van der Waals surface area contributed by atoms with Gasteiger partial charge >= 0.3 is 0 Å². The van der Waals surface area contributed by atoms with E-state index in [-0.39, 0.29) is 23.8 Å². The molecule has 1 amide bonds. The zero-order valence-electron chi connectivity index (χ0n) is 17.2. The van der Waals surface area contributed by atoms with Gasteiger partial charge in [-0.05, 0) is 62.4 Å². The quantitative estimate of drug-likeness (QED) is 0.803. The van der Waals surface area contributed by atoms with Crippen LogP contribution in [0, 0.1) is 18.3 Å². The average Bonchev–Trinajstić information content (AvgIpc) is 3.15. The molecule has 7 heteroatoms. The van der Waals surface area contributed by atoms with Crippen molar-refractivity contribution in [2.45, 2.75) is 39.2 Å². The van der Waals surface area contributed by atoms with E-state index >= 15 is 0 Å². The molecule has 2 saturated heterocycles. The Morgan fingerprint density at radius 2 is 1.97 bits per heavy atom. The number of aliphatic hydroxyl groups excluding tert-OH is 1. The number of aliphatic hydroxyl groups is 1. The van der Waals surface area contributed by atoms with Crippen LogP contribution in [0.1, 0.15) is 36.2 Å². The minimum absolute atomic E-state index is 0.149. The van der Waals surface area contributed by atoms with Gasteiger partial charge in [-0.25, -0.2) is 4.98 Å². The van der Waals surface area contributed by atoms with E-state index in [1.165, 1.54) is 0 Å². The van der Waals surface area contributed by atoms with Crippen molar-refractivity contribution in [2.24, 2.45) is 11.3 Å². The largest absolute Gasteiger partial charge is 0.396 e. The molecule has 156 valence electrons. The summed E-state index contributed by atoms with van der Waals surface area (Å²) in [6, 6.07) is 3.79. The molecule has 1 atom stereocenters. The van der Waals surface area contributed by atoms with Gasteiger partial charge in [0.1, 0.15) is 0 Å². The van der Waals surface area contributed by atoms with Gasteiger partial charge in [0, 0.05) is 50.2 Å². The van der Waals surface area contributed by atoms with Crippen molar-refractivity contribution in [3.05, 3.63) is 47.8 Å². The van der Waals surface area contributed by atoms with Crippen molar-refractivity contribution >= 4 is 5.91 Å². The molecule has 2 aromatic rings. The molecule has 7 nitrogen and oxygen atoms in total. The van der Waals surface area contributed by atoms with Crippen LogP contribution >= 0.6 is 0 Å². The highest BCUT2D eigenvalue weighted by molar-refractivity contribution is 5.78. The molecule has 0 aromatic carbocycles. The van der Waals surface area contributed by atoms with Gasteiger partial charge in [-0.2, -0.15) is 0 Å². The highest BCUT2D eigenvalue weighted by Gasteiger charge is 2.45. The molecule has 0 unspecified atom stereocenters. The Labute approximate surface area is 172 Å². The summed E-state index contributed by atoms with van der Waals surface area (Å²) >= 11 is 0. The summed E-state index contributed by atoms with van der Waals surface area (Å²) in [4.78, 5) is 28.8. The number of nitrogens with one attached hydrogen (secondary N) is 1. The number of pyridine rings is 1. The van der Waals surface area contributed by atoms with Gasteiger partial charge in [0.05, 0.1) is 18.4 Å². The third-order valence-electron chi connectivity index (χ3n) is 7.02. The van der Waals surface area contributed by atoms with Gasteiger partial charge < -0.3 is 15.0 Å². The van der Waals surface area contributed by atoms with E-state index in [9.17, 15) is 9.90 Å². The Kier molecular flexibility index (Phi) is 5.96. The highest BCUT2D eigenvalue weighted by atomic mass is 16.3. The number of H-pyrrole nitrogens is 1. The summed E-state index contributed by atoms with van der Waals surface area (Å²) in [5.41, 5.74) is 3.41. The number of aromatic nitrogens is 3. The van der Waals surface area contributed by atoms with E-state index in [0.717, 1.165) is 62.4 Å². The second-order valence-corrected chi connectivity index (χ2v) is 8.61. The van der Waals surface area contributed by atoms with Crippen LogP contribution in [-0.4, -0.2) is 68.6 Å². The highest BCUT2D eigenvalue weighted by Crippen LogP contribution is 2.45. The van der Waals surface area contributed by atoms with Crippen molar-refractivity contribution < 1.29 is 9.90 Å². The topological polar surface area (TPSA) is 85.4 Å². The van der Waals surface area contributed by atoms with E-state index in [2.05, 4.69) is 26.8 Å². The fraction of sp³-hybridized carbons (Fsp3) is 0.591. The van der Waals surface area contributed by atoms with E-state index in [1.807, 2.05) is 17.0 Å². The molecule has 0 aliphatic carbocycles. The van der Waals surface area contributed by atoms with Crippen molar-refractivity contribution in [3.63, 3.8) is 0 Å².